The van der Waals surface area contributed by atoms with Gasteiger partial charge in [0.25, 0.3) is 5.91 Å². The molecule has 2 heterocycles. The third kappa shape index (κ3) is 5.08. The molecule has 0 atom stereocenters. The van der Waals surface area contributed by atoms with E-state index in [-0.39, 0.29) is 5.91 Å². The lowest BCUT2D eigenvalue weighted by Crippen LogP contribution is -2.23. The summed E-state index contributed by atoms with van der Waals surface area (Å²) in [7, 11) is 0. The Morgan fingerprint density at radius 3 is 2.62 bits per heavy atom. The molecule has 2 aromatic heterocycles. The molecule has 0 aliphatic heterocycles. The van der Waals surface area contributed by atoms with Crippen LogP contribution in [0.3, 0.4) is 0 Å². The zero-order valence-electron chi connectivity index (χ0n) is 14.8. The fourth-order valence-electron chi connectivity index (χ4n) is 2.46. The lowest BCUT2D eigenvalue weighted by molar-refractivity contribution is -0.114. The molecule has 0 aliphatic carbocycles. The molecule has 1 amide bonds. The lowest BCUT2D eigenvalue weighted by atomic mass is 10.2. The number of hydrogen-bond donors (Lipinski definition) is 0. The van der Waals surface area contributed by atoms with Gasteiger partial charge in [0.1, 0.15) is 0 Å². The van der Waals surface area contributed by atoms with Gasteiger partial charge in [-0.25, -0.2) is 4.98 Å². The number of rotatable bonds is 5. The average Bonchev–Trinajstić information content (AvgIpc) is 3.37. The summed E-state index contributed by atoms with van der Waals surface area (Å²) in [6.45, 7) is 0. The van der Waals surface area contributed by atoms with Gasteiger partial charge < -0.3 is 0 Å². The van der Waals surface area contributed by atoms with Crippen molar-refractivity contribution in [1.82, 2.24) is 4.98 Å². The van der Waals surface area contributed by atoms with Crippen LogP contribution < -0.4 is 5.01 Å². The summed E-state index contributed by atoms with van der Waals surface area (Å²) in [5, 5.41) is 8.27. The molecular weight excluding hydrogens is 534 g/mol. The number of fused-ring (bicyclic) bond motifs is 1. The quantitative estimate of drug-likeness (QED) is 0.154. The van der Waals surface area contributed by atoms with Crippen molar-refractivity contribution >= 4 is 88.1 Å². The zero-order valence-corrected chi connectivity index (χ0v) is 19.6. The number of hydrogen-bond acceptors (Lipinski definition) is 5. The predicted molar refractivity (Wildman–Crippen MR) is 130 cm³/mol. The first kappa shape index (κ1) is 20.2. The number of benzene rings is 2. The van der Waals surface area contributed by atoms with Crippen LogP contribution in [0.2, 0.25) is 0 Å². The topological polar surface area (TPSA) is 45.6 Å². The van der Waals surface area contributed by atoms with Crippen molar-refractivity contribution in [3.05, 3.63) is 85.4 Å². The molecule has 4 nitrogen and oxygen atoms in total. The molecule has 4 rings (SSSR count). The molecule has 0 N–H and O–H groups in total. The molecule has 0 saturated heterocycles. The van der Waals surface area contributed by atoms with Gasteiger partial charge in [0.05, 0.1) is 16.4 Å². The van der Waals surface area contributed by atoms with Crippen LogP contribution in [-0.2, 0) is 4.79 Å². The number of thiazole rings is 1. The van der Waals surface area contributed by atoms with Crippen molar-refractivity contribution in [1.29, 1.82) is 0 Å². The third-order valence-corrected chi connectivity index (χ3v) is 6.71. The first-order chi connectivity index (χ1) is 14.1. The molecule has 0 unspecified atom stereocenters. The molecular formula is C21H13Br2N3OS2. The Labute approximate surface area is 192 Å². The Kier molecular flexibility index (Phi) is 6.34. The van der Waals surface area contributed by atoms with E-state index in [1.807, 2.05) is 60.0 Å². The second kappa shape index (κ2) is 9.13. The summed E-state index contributed by atoms with van der Waals surface area (Å²) < 4.78 is 2.93. The van der Waals surface area contributed by atoms with Crippen molar-refractivity contribution in [3.8, 4) is 0 Å². The minimum atomic E-state index is -0.259. The fraction of sp³-hybridized carbons (Fsp3) is 0. The van der Waals surface area contributed by atoms with Crippen LogP contribution in [0, 0.1) is 0 Å². The monoisotopic (exact) mass is 545 g/mol. The van der Waals surface area contributed by atoms with Crippen LogP contribution in [0.5, 0.6) is 0 Å². The van der Waals surface area contributed by atoms with E-state index >= 15 is 0 Å². The molecule has 8 heteroatoms. The number of nitrogens with zero attached hydrogens (tertiary/aromatic N) is 3. The minimum Gasteiger partial charge on any atom is -0.267 e. The Morgan fingerprint density at radius 1 is 1.07 bits per heavy atom. The first-order valence-corrected chi connectivity index (χ1v) is 11.8. The van der Waals surface area contributed by atoms with Crippen molar-refractivity contribution in [2.24, 2.45) is 5.10 Å². The van der Waals surface area contributed by atoms with E-state index in [9.17, 15) is 4.79 Å². The Bertz CT molecular complexity index is 1200. The van der Waals surface area contributed by atoms with Gasteiger partial charge in [-0.1, -0.05) is 61.4 Å². The van der Waals surface area contributed by atoms with Crippen LogP contribution in [0.15, 0.2) is 80.1 Å². The van der Waals surface area contributed by atoms with Gasteiger partial charge in [-0.05, 0) is 53.4 Å². The summed E-state index contributed by atoms with van der Waals surface area (Å²) in [6.07, 6.45) is 4.97. The van der Waals surface area contributed by atoms with Crippen LogP contribution in [0.25, 0.3) is 16.3 Å². The van der Waals surface area contributed by atoms with Gasteiger partial charge in [-0.2, -0.15) is 10.1 Å². The number of carbonyl (C=O) groups is 1. The van der Waals surface area contributed by atoms with Crippen LogP contribution in [-0.4, -0.2) is 17.1 Å². The molecule has 0 aliphatic rings. The SMILES string of the molecule is O=C(/C=C/c1cccs1)N(/N=C/c1ccc(Br)cc1)c1nc2ccc(Br)cc2s1. The molecule has 0 fully saturated rings. The van der Waals surface area contributed by atoms with E-state index in [2.05, 4.69) is 41.9 Å². The maximum Gasteiger partial charge on any atom is 0.273 e. The number of amides is 1. The predicted octanol–water partition coefficient (Wildman–Crippen LogP) is 6.96. The van der Waals surface area contributed by atoms with Gasteiger partial charge in [-0.3, -0.25) is 4.79 Å². The third-order valence-electron chi connectivity index (χ3n) is 3.85. The van der Waals surface area contributed by atoms with E-state index in [1.165, 1.54) is 22.4 Å². The Hall–Kier alpha value is -2.13. The second-order valence-corrected chi connectivity index (χ2v) is 9.72. The summed E-state index contributed by atoms with van der Waals surface area (Å²) >= 11 is 9.89. The summed E-state index contributed by atoms with van der Waals surface area (Å²) in [6, 6.07) is 17.4. The van der Waals surface area contributed by atoms with E-state index in [1.54, 1.807) is 23.6 Å². The highest BCUT2D eigenvalue weighted by atomic mass is 79.9. The molecule has 29 heavy (non-hydrogen) atoms. The molecule has 144 valence electrons. The maximum atomic E-state index is 12.9. The highest BCUT2D eigenvalue weighted by Gasteiger charge is 2.17. The molecule has 4 aromatic rings. The Morgan fingerprint density at radius 2 is 1.86 bits per heavy atom. The van der Waals surface area contributed by atoms with E-state index < -0.39 is 0 Å². The van der Waals surface area contributed by atoms with Crippen LogP contribution >= 0.6 is 54.5 Å². The van der Waals surface area contributed by atoms with E-state index in [0.29, 0.717) is 5.13 Å². The summed E-state index contributed by atoms with van der Waals surface area (Å²) in [5.74, 6) is -0.259. The van der Waals surface area contributed by atoms with Crippen molar-refractivity contribution in [2.45, 2.75) is 0 Å². The lowest BCUT2D eigenvalue weighted by Gasteiger charge is -2.11. The van der Waals surface area contributed by atoms with Gasteiger partial charge in [0, 0.05) is 19.9 Å². The molecule has 2 aromatic carbocycles. The highest BCUT2D eigenvalue weighted by Crippen LogP contribution is 2.31. The number of halogens is 2. The van der Waals surface area contributed by atoms with Crippen LogP contribution in [0.4, 0.5) is 5.13 Å². The second-order valence-electron chi connectivity index (χ2n) is 5.90. The number of thiophene rings is 1. The minimum absolute atomic E-state index is 0.259. The number of hydrazone groups is 1. The average molecular weight is 547 g/mol. The number of carbonyl (C=O) groups excluding carboxylic acids is 1. The number of anilines is 1. The van der Waals surface area contributed by atoms with Gasteiger partial charge in [0.2, 0.25) is 5.13 Å². The first-order valence-electron chi connectivity index (χ1n) is 8.50. The van der Waals surface area contributed by atoms with Crippen molar-refractivity contribution in [2.75, 3.05) is 5.01 Å². The maximum absolute atomic E-state index is 12.9. The molecule has 0 saturated carbocycles. The van der Waals surface area contributed by atoms with Crippen LogP contribution in [0.1, 0.15) is 10.4 Å². The molecule has 0 radical (unpaired) electrons. The summed E-state index contributed by atoms with van der Waals surface area (Å²) in [4.78, 5) is 18.5. The molecule has 0 spiro atoms. The number of aromatic nitrogens is 1. The normalized spacial score (nSPS) is 11.7. The Balaban J connectivity index is 1.68. The fourth-order valence-corrected chi connectivity index (χ4v) is 4.82. The zero-order chi connectivity index (χ0) is 20.2. The van der Waals surface area contributed by atoms with Gasteiger partial charge >= 0.3 is 0 Å². The summed E-state index contributed by atoms with van der Waals surface area (Å²) in [5.41, 5.74) is 1.71. The largest absolute Gasteiger partial charge is 0.273 e. The van der Waals surface area contributed by atoms with Crippen molar-refractivity contribution < 1.29 is 4.79 Å². The van der Waals surface area contributed by atoms with E-state index in [0.717, 1.165) is 29.6 Å². The van der Waals surface area contributed by atoms with Crippen molar-refractivity contribution in [3.63, 3.8) is 0 Å². The highest BCUT2D eigenvalue weighted by molar-refractivity contribution is 9.10. The van der Waals surface area contributed by atoms with Gasteiger partial charge in [-0.15, -0.1) is 11.3 Å². The standard InChI is InChI=1S/C21H13Br2N3OS2/c22-15-5-3-14(4-6-15)13-24-26(20(27)10-8-17-2-1-11-28-17)21-25-18-9-7-16(23)12-19(18)29-21/h1-13H/b10-8+,24-13+. The molecule has 0 bridgehead atoms. The van der Waals surface area contributed by atoms with Gasteiger partial charge in [0.15, 0.2) is 0 Å². The smallest absolute Gasteiger partial charge is 0.267 e. The van der Waals surface area contributed by atoms with E-state index in [4.69, 9.17) is 0 Å².